The SMILES string of the molecule is CC/C=C(/Cl)C(CN(Cc1ccccc1)C(=O)C(=O)Nc1cnc(N)c2cn[nH]c12)=NC. The van der Waals surface area contributed by atoms with Crippen molar-refractivity contribution in [1.29, 1.82) is 0 Å². The molecule has 0 radical (unpaired) electrons. The van der Waals surface area contributed by atoms with Gasteiger partial charge in [0, 0.05) is 13.6 Å². The summed E-state index contributed by atoms with van der Waals surface area (Å²) in [6.45, 7) is 2.24. The third kappa shape index (κ3) is 5.30. The molecule has 0 spiro atoms. The zero-order valence-corrected chi connectivity index (χ0v) is 18.6. The summed E-state index contributed by atoms with van der Waals surface area (Å²) in [7, 11) is 1.60. The Labute approximate surface area is 190 Å². The van der Waals surface area contributed by atoms with Gasteiger partial charge in [-0.3, -0.25) is 19.7 Å². The highest BCUT2D eigenvalue weighted by Gasteiger charge is 2.25. The van der Waals surface area contributed by atoms with Crippen LogP contribution in [0, 0.1) is 0 Å². The number of benzene rings is 1. The minimum Gasteiger partial charge on any atom is -0.383 e. The number of allylic oxidation sites excluding steroid dienone is 1. The predicted octanol–water partition coefficient (Wildman–Crippen LogP) is 3.11. The number of carbonyl (C=O) groups excluding carboxylic acids is 2. The lowest BCUT2D eigenvalue weighted by Gasteiger charge is -2.23. The second-order valence-corrected chi connectivity index (χ2v) is 7.35. The Hall–Kier alpha value is -3.72. The summed E-state index contributed by atoms with van der Waals surface area (Å²) >= 11 is 6.34. The van der Waals surface area contributed by atoms with Crippen LogP contribution in [0.1, 0.15) is 18.9 Å². The maximum absolute atomic E-state index is 13.2. The molecule has 4 N–H and O–H groups in total. The zero-order chi connectivity index (χ0) is 23.1. The van der Waals surface area contributed by atoms with Gasteiger partial charge in [-0.2, -0.15) is 5.10 Å². The molecule has 166 valence electrons. The fourth-order valence-corrected chi connectivity index (χ4v) is 3.40. The average Bonchev–Trinajstić information content (AvgIpc) is 3.30. The van der Waals surface area contributed by atoms with E-state index in [1.807, 2.05) is 43.3 Å². The number of anilines is 2. The van der Waals surface area contributed by atoms with E-state index in [9.17, 15) is 9.59 Å². The van der Waals surface area contributed by atoms with Gasteiger partial charge in [-0.15, -0.1) is 0 Å². The summed E-state index contributed by atoms with van der Waals surface area (Å²) in [6, 6.07) is 9.37. The second-order valence-electron chi connectivity index (χ2n) is 6.95. The number of nitrogen functional groups attached to an aromatic ring is 1. The van der Waals surface area contributed by atoms with E-state index in [0.717, 1.165) is 12.0 Å². The summed E-state index contributed by atoms with van der Waals surface area (Å²) in [5, 5.41) is 10.3. The molecule has 0 saturated carbocycles. The first-order valence-corrected chi connectivity index (χ1v) is 10.4. The number of halogens is 1. The Balaban J connectivity index is 1.86. The van der Waals surface area contributed by atoms with Crippen LogP contribution in [-0.4, -0.2) is 51.2 Å². The van der Waals surface area contributed by atoms with E-state index in [1.165, 1.54) is 17.3 Å². The number of pyridine rings is 1. The number of fused-ring (bicyclic) bond motifs is 1. The van der Waals surface area contributed by atoms with E-state index in [-0.39, 0.29) is 18.9 Å². The summed E-state index contributed by atoms with van der Waals surface area (Å²) in [6.07, 6.45) is 5.41. The van der Waals surface area contributed by atoms with Gasteiger partial charge in [-0.25, -0.2) is 4.98 Å². The Bertz CT molecular complexity index is 1170. The molecule has 0 aliphatic carbocycles. The highest BCUT2D eigenvalue weighted by atomic mass is 35.5. The van der Waals surface area contributed by atoms with Crippen LogP contribution in [0.15, 0.2) is 58.8 Å². The molecule has 0 unspecified atom stereocenters. The molecule has 0 saturated heterocycles. The maximum atomic E-state index is 13.2. The molecule has 3 rings (SSSR count). The molecule has 0 atom stereocenters. The predicted molar refractivity (Wildman–Crippen MR) is 126 cm³/mol. The fraction of sp³-hybridized carbons (Fsp3) is 0.227. The molecule has 3 aromatic rings. The zero-order valence-electron chi connectivity index (χ0n) is 17.8. The standard InChI is InChI=1S/C22H24ClN7O2/c1-3-7-16(23)18(25-2)13-30(12-14-8-5-4-6-9-14)22(32)21(31)28-17-11-26-20(24)15-10-27-29-19(15)17/h4-11H,3,12-13H2,1-2H3,(H2,24,26)(H,27,29)(H,28,31)/b16-7+,25-18?. The first kappa shape index (κ1) is 23.0. The molecule has 32 heavy (non-hydrogen) atoms. The monoisotopic (exact) mass is 453 g/mol. The first-order valence-electron chi connectivity index (χ1n) is 9.98. The van der Waals surface area contributed by atoms with E-state index >= 15 is 0 Å². The fourth-order valence-electron chi connectivity index (χ4n) is 3.10. The lowest BCUT2D eigenvalue weighted by Crippen LogP contribution is -2.42. The van der Waals surface area contributed by atoms with Crippen molar-refractivity contribution in [2.45, 2.75) is 19.9 Å². The van der Waals surface area contributed by atoms with Crippen LogP contribution in [-0.2, 0) is 16.1 Å². The number of carbonyl (C=O) groups is 2. The van der Waals surface area contributed by atoms with Gasteiger partial charge in [0.2, 0.25) is 0 Å². The van der Waals surface area contributed by atoms with E-state index in [4.69, 9.17) is 17.3 Å². The van der Waals surface area contributed by atoms with Crippen molar-refractivity contribution in [3.05, 3.63) is 59.4 Å². The van der Waals surface area contributed by atoms with Gasteiger partial charge in [0.15, 0.2) is 0 Å². The van der Waals surface area contributed by atoms with Gasteiger partial charge in [-0.1, -0.05) is 54.9 Å². The number of nitrogens with one attached hydrogen (secondary N) is 2. The molecular weight excluding hydrogens is 430 g/mol. The molecular formula is C22H24ClN7O2. The topological polar surface area (TPSA) is 129 Å². The molecule has 1 aromatic carbocycles. The summed E-state index contributed by atoms with van der Waals surface area (Å²) in [5.41, 5.74) is 7.99. The van der Waals surface area contributed by atoms with Gasteiger partial charge in [0.1, 0.15) is 5.82 Å². The number of rotatable bonds is 7. The van der Waals surface area contributed by atoms with Crippen LogP contribution in [0.4, 0.5) is 11.5 Å². The van der Waals surface area contributed by atoms with Crippen LogP contribution in [0.2, 0.25) is 0 Å². The first-order chi connectivity index (χ1) is 15.4. The molecule has 0 aliphatic rings. The van der Waals surface area contributed by atoms with Gasteiger partial charge in [0.05, 0.1) is 46.3 Å². The van der Waals surface area contributed by atoms with Crippen molar-refractivity contribution in [3.63, 3.8) is 0 Å². The molecule has 2 heterocycles. The third-order valence-electron chi connectivity index (χ3n) is 4.73. The highest BCUT2D eigenvalue weighted by Crippen LogP contribution is 2.24. The summed E-state index contributed by atoms with van der Waals surface area (Å²) < 4.78 is 0. The highest BCUT2D eigenvalue weighted by molar-refractivity contribution is 6.45. The van der Waals surface area contributed by atoms with Crippen molar-refractivity contribution in [2.24, 2.45) is 4.99 Å². The van der Waals surface area contributed by atoms with Gasteiger partial charge < -0.3 is 16.0 Å². The number of aromatic amines is 1. The number of aromatic nitrogens is 3. The van der Waals surface area contributed by atoms with Crippen LogP contribution in [0.25, 0.3) is 10.9 Å². The molecule has 0 fully saturated rings. The van der Waals surface area contributed by atoms with Gasteiger partial charge >= 0.3 is 11.8 Å². The Morgan fingerprint density at radius 2 is 2.03 bits per heavy atom. The molecule has 2 amide bonds. The largest absolute Gasteiger partial charge is 0.383 e. The molecule has 9 nitrogen and oxygen atoms in total. The molecule has 2 aromatic heterocycles. The Morgan fingerprint density at radius 3 is 2.72 bits per heavy atom. The van der Waals surface area contributed by atoms with Gasteiger partial charge in [-0.05, 0) is 12.0 Å². The smallest absolute Gasteiger partial charge is 0.314 e. The summed E-state index contributed by atoms with van der Waals surface area (Å²) in [4.78, 5) is 35.7. The molecule has 10 heteroatoms. The van der Waals surface area contributed by atoms with Crippen molar-refractivity contribution >= 4 is 51.5 Å². The Kier molecular flexibility index (Phi) is 7.56. The number of nitrogens with zero attached hydrogens (tertiary/aromatic N) is 4. The lowest BCUT2D eigenvalue weighted by molar-refractivity contribution is -0.143. The van der Waals surface area contributed by atoms with E-state index in [0.29, 0.717) is 27.3 Å². The van der Waals surface area contributed by atoms with Crippen molar-refractivity contribution in [1.82, 2.24) is 20.1 Å². The maximum Gasteiger partial charge on any atom is 0.314 e. The van der Waals surface area contributed by atoms with Crippen LogP contribution in [0.5, 0.6) is 0 Å². The van der Waals surface area contributed by atoms with Crippen molar-refractivity contribution < 1.29 is 9.59 Å². The Morgan fingerprint density at radius 1 is 1.28 bits per heavy atom. The van der Waals surface area contributed by atoms with E-state index < -0.39 is 11.8 Å². The van der Waals surface area contributed by atoms with Gasteiger partial charge in [0.25, 0.3) is 0 Å². The number of aliphatic imine (C=N–C) groups is 1. The number of H-pyrrole nitrogens is 1. The average molecular weight is 454 g/mol. The number of hydrogen-bond donors (Lipinski definition) is 3. The number of hydrogen-bond acceptors (Lipinski definition) is 6. The summed E-state index contributed by atoms with van der Waals surface area (Å²) in [5.74, 6) is -1.29. The minimum absolute atomic E-state index is 0.0758. The number of nitrogens with two attached hydrogens (primary N) is 1. The van der Waals surface area contributed by atoms with Crippen LogP contribution < -0.4 is 11.1 Å². The molecule has 0 aliphatic heterocycles. The quantitative estimate of drug-likeness (QED) is 0.374. The van der Waals surface area contributed by atoms with Crippen LogP contribution >= 0.6 is 11.6 Å². The minimum atomic E-state index is -0.825. The van der Waals surface area contributed by atoms with E-state index in [2.05, 4.69) is 25.5 Å². The lowest BCUT2D eigenvalue weighted by atomic mass is 10.2. The van der Waals surface area contributed by atoms with Crippen molar-refractivity contribution in [2.75, 3.05) is 24.6 Å². The second kappa shape index (κ2) is 10.5. The third-order valence-corrected chi connectivity index (χ3v) is 5.11. The number of amides is 2. The van der Waals surface area contributed by atoms with E-state index in [1.54, 1.807) is 7.05 Å². The van der Waals surface area contributed by atoms with Crippen LogP contribution in [0.3, 0.4) is 0 Å². The molecule has 0 bridgehead atoms. The normalized spacial score (nSPS) is 12.1. The van der Waals surface area contributed by atoms with Crippen molar-refractivity contribution in [3.8, 4) is 0 Å².